The first-order valence-corrected chi connectivity index (χ1v) is 5.94. The molecule has 0 spiro atoms. The smallest absolute Gasteiger partial charge is 0.139 e. The van der Waals surface area contributed by atoms with Crippen LogP contribution in [-0.4, -0.2) is 12.8 Å². The van der Waals surface area contributed by atoms with Crippen molar-refractivity contribution >= 4 is 5.71 Å². The number of hydrogen-bond donors (Lipinski definition) is 1. The summed E-state index contributed by atoms with van der Waals surface area (Å²) < 4.78 is 5.21. The molecule has 0 aliphatic carbocycles. The molecule has 3 heteroatoms. The van der Waals surface area contributed by atoms with Crippen molar-refractivity contribution in [3.63, 3.8) is 0 Å². The van der Waals surface area contributed by atoms with Crippen LogP contribution in [0.3, 0.4) is 0 Å². The molecular formula is C16H14N2O. The molecular weight excluding hydrogens is 236 g/mol. The van der Waals surface area contributed by atoms with E-state index in [1.54, 1.807) is 19.2 Å². The average molecular weight is 250 g/mol. The SMILES string of the molecule is COc1ccc(C(=N)C#N)c(Cc2ccccc2)c1. The van der Waals surface area contributed by atoms with E-state index < -0.39 is 0 Å². The zero-order valence-electron chi connectivity index (χ0n) is 10.7. The standard InChI is InChI=1S/C16H14N2O/c1-19-14-7-8-15(16(18)11-17)13(10-14)9-12-5-3-2-4-6-12/h2-8,10,18H,9H2,1H3. The quantitative estimate of drug-likeness (QED) is 0.847. The van der Waals surface area contributed by atoms with Crippen LogP contribution in [0, 0.1) is 16.7 Å². The van der Waals surface area contributed by atoms with Gasteiger partial charge in [0.25, 0.3) is 0 Å². The van der Waals surface area contributed by atoms with Crippen molar-refractivity contribution in [3.8, 4) is 11.8 Å². The van der Waals surface area contributed by atoms with E-state index >= 15 is 0 Å². The molecule has 19 heavy (non-hydrogen) atoms. The summed E-state index contributed by atoms with van der Waals surface area (Å²) in [5, 5.41) is 16.6. The molecule has 0 unspecified atom stereocenters. The maximum absolute atomic E-state index is 8.90. The predicted octanol–water partition coefficient (Wildman–Crippen LogP) is 3.18. The van der Waals surface area contributed by atoms with Crippen molar-refractivity contribution in [1.29, 1.82) is 10.7 Å². The number of nitriles is 1. The van der Waals surface area contributed by atoms with E-state index in [0.29, 0.717) is 12.0 Å². The van der Waals surface area contributed by atoms with E-state index in [1.165, 1.54) is 0 Å². The molecule has 0 aromatic heterocycles. The largest absolute Gasteiger partial charge is 0.497 e. The second kappa shape index (κ2) is 5.83. The zero-order valence-corrected chi connectivity index (χ0v) is 10.7. The molecule has 0 aliphatic rings. The first kappa shape index (κ1) is 12.8. The average Bonchev–Trinajstić information content (AvgIpc) is 2.47. The van der Waals surface area contributed by atoms with Gasteiger partial charge in [-0.15, -0.1) is 0 Å². The van der Waals surface area contributed by atoms with Crippen LogP contribution in [0.4, 0.5) is 0 Å². The summed E-state index contributed by atoms with van der Waals surface area (Å²) in [5.74, 6) is 0.737. The van der Waals surface area contributed by atoms with Crippen LogP contribution in [0.1, 0.15) is 16.7 Å². The molecule has 0 saturated carbocycles. The van der Waals surface area contributed by atoms with E-state index in [2.05, 4.69) is 0 Å². The Morgan fingerprint density at radius 3 is 2.58 bits per heavy atom. The molecule has 0 aliphatic heterocycles. The van der Waals surface area contributed by atoms with Gasteiger partial charge in [-0.25, -0.2) is 0 Å². The Kier molecular flexibility index (Phi) is 3.94. The normalized spacial score (nSPS) is 9.68. The first-order valence-electron chi connectivity index (χ1n) is 5.94. The lowest BCUT2D eigenvalue weighted by atomic mass is 9.97. The molecule has 0 atom stereocenters. The van der Waals surface area contributed by atoms with Crippen molar-refractivity contribution in [2.45, 2.75) is 6.42 Å². The lowest BCUT2D eigenvalue weighted by molar-refractivity contribution is 0.414. The summed E-state index contributed by atoms with van der Waals surface area (Å²) in [6, 6.07) is 17.3. The second-order valence-corrected chi connectivity index (χ2v) is 4.17. The minimum Gasteiger partial charge on any atom is -0.497 e. The lowest BCUT2D eigenvalue weighted by Crippen LogP contribution is -2.02. The zero-order chi connectivity index (χ0) is 13.7. The van der Waals surface area contributed by atoms with Gasteiger partial charge in [0, 0.05) is 5.56 Å². The van der Waals surface area contributed by atoms with Gasteiger partial charge in [-0.3, -0.25) is 5.41 Å². The van der Waals surface area contributed by atoms with Crippen LogP contribution >= 0.6 is 0 Å². The van der Waals surface area contributed by atoms with E-state index in [9.17, 15) is 0 Å². The first-order chi connectivity index (χ1) is 9.24. The number of benzene rings is 2. The maximum Gasteiger partial charge on any atom is 0.139 e. The van der Waals surface area contributed by atoms with Gasteiger partial charge in [0.05, 0.1) is 7.11 Å². The Balaban J connectivity index is 2.41. The Morgan fingerprint density at radius 2 is 1.95 bits per heavy atom. The highest BCUT2D eigenvalue weighted by Gasteiger charge is 2.09. The van der Waals surface area contributed by atoms with Crippen LogP contribution in [0.5, 0.6) is 5.75 Å². The number of nitrogens with one attached hydrogen (secondary N) is 1. The summed E-state index contributed by atoms with van der Waals surface area (Å²) in [6.07, 6.45) is 0.678. The molecule has 0 bridgehead atoms. The van der Waals surface area contributed by atoms with Gasteiger partial charge in [-0.05, 0) is 35.7 Å². The summed E-state index contributed by atoms with van der Waals surface area (Å²) in [4.78, 5) is 0. The van der Waals surface area contributed by atoms with Crippen LogP contribution < -0.4 is 4.74 Å². The van der Waals surface area contributed by atoms with Gasteiger partial charge in [0.2, 0.25) is 0 Å². The van der Waals surface area contributed by atoms with Gasteiger partial charge in [-0.2, -0.15) is 5.26 Å². The highest BCUT2D eigenvalue weighted by Crippen LogP contribution is 2.21. The molecule has 2 aromatic carbocycles. The summed E-state index contributed by atoms with van der Waals surface area (Å²) in [6.45, 7) is 0. The van der Waals surface area contributed by atoms with Gasteiger partial charge >= 0.3 is 0 Å². The van der Waals surface area contributed by atoms with Gasteiger partial charge < -0.3 is 4.74 Å². The maximum atomic E-state index is 8.90. The van der Waals surface area contributed by atoms with E-state index in [0.717, 1.165) is 16.9 Å². The molecule has 2 rings (SSSR count). The van der Waals surface area contributed by atoms with E-state index in [4.69, 9.17) is 15.4 Å². The predicted molar refractivity (Wildman–Crippen MR) is 74.7 cm³/mol. The van der Waals surface area contributed by atoms with Crippen molar-refractivity contribution in [2.75, 3.05) is 7.11 Å². The monoisotopic (exact) mass is 250 g/mol. The highest BCUT2D eigenvalue weighted by atomic mass is 16.5. The Morgan fingerprint density at radius 1 is 1.21 bits per heavy atom. The van der Waals surface area contributed by atoms with Crippen LogP contribution in [-0.2, 0) is 6.42 Å². The van der Waals surface area contributed by atoms with Crippen molar-refractivity contribution < 1.29 is 4.74 Å². The Labute approximate surface area is 112 Å². The molecule has 3 nitrogen and oxygen atoms in total. The summed E-state index contributed by atoms with van der Waals surface area (Å²) >= 11 is 0. The Bertz CT molecular complexity index is 627. The minimum absolute atomic E-state index is 0.0198. The Hall–Kier alpha value is -2.60. The van der Waals surface area contributed by atoms with E-state index in [1.807, 2.05) is 42.5 Å². The second-order valence-electron chi connectivity index (χ2n) is 4.17. The minimum atomic E-state index is -0.0198. The fourth-order valence-electron chi connectivity index (χ4n) is 1.96. The number of rotatable bonds is 4. The number of ether oxygens (including phenoxy) is 1. The summed E-state index contributed by atoms with van der Waals surface area (Å²) in [5.41, 5.74) is 2.71. The molecule has 0 saturated heterocycles. The van der Waals surface area contributed by atoms with Crippen LogP contribution in [0.15, 0.2) is 48.5 Å². The molecule has 0 heterocycles. The third-order valence-electron chi connectivity index (χ3n) is 2.93. The fourth-order valence-corrected chi connectivity index (χ4v) is 1.96. The van der Waals surface area contributed by atoms with Gasteiger partial charge in [0.1, 0.15) is 17.5 Å². The van der Waals surface area contributed by atoms with Gasteiger partial charge in [0.15, 0.2) is 0 Å². The number of hydrogen-bond acceptors (Lipinski definition) is 3. The highest BCUT2D eigenvalue weighted by molar-refractivity contribution is 6.10. The fraction of sp³-hybridized carbons (Fsp3) is 0.125. The van der Waals surface area contributed by atoms with Crippen LogP contribution in [0.25, 0.3) is 0 Å². The lowest BCUT2D eigenvalue weighted by Gasteiger charge is -2.10. The van der Waals surface area contributed by atoms with Crippen LogP contribution in [0.2, 0.25) is 0 Å². The van der Waals surface area contributed by atoms with E-state index in [-0.39, 0.29) is 5.71 Å². The van der Waals surface area contributed by atoms with Gasteiger partial charge in [-0.1, -0.05) is 30.3 Å². The third kappa shape index (κ3) is 2.99. The molecule has 1 N–H and O–H groups in total. The molecule has 0 amide bonds. The van der Waals surface area contributed by atoms with Crippen molar-refractivity contribution in [3.05, 3.63) is 65.2 Å². The number of nitrogens with zero attached hydrogens (tertiary/aromatic N) is 1. The molecule has 94 valence electrons. The molecule has 2 aromatic rings. The third-order valence-corrected chi connectivity index (χ3v) is 2.93. The topological polar surface area (TPSA) is 56.9 Å². The molecule has 0 fully saturated rings. The summed E-state index contributed by atoms with van der Waals surface area (Å²) in [7, 11) is 1.61. The van der Waals surface area contributed by atoms with Crippen molar-refractivity contribution in [2.24, 2.45) is 0 Å². The number of methoxy groups -OCH3 is 1. The molecule has 0 radical (unpaired) electrons. The van der Waals surface area contributed by atoms with Crippen molar-refractivity contribution in [1.82, 2.24) is 0 Å².